The number of nitrogens with zero attached hydrogens (tertiary/aromatic N) is 2. The molecule has 2 aliphatic rings. The van der Waals surface area contributed by atoms with Crippen LogP contribution < -0.4 is 0 Å². The minimum atomic E-state index is -0.160. The lowest BCUT2D eigenvalue weighted by atomic mass is 9.85. The van der Waals surface area contributed by atoms with Gasteiger partial charge in [-0.3, -0.25) is 14.8 Å². The van der Waals surface area contributed by atoms with Crippen molar-refractivity contribution in [3.05, 3.63) is 89.4 Å². The first-order valence-electron chi connectivity index (χ1n) is 13.0. The Morgan fingerprint density at radius 1 is 1.22 bits per heavy atom. The standard InChI is InChI=1S/C32H39N3O2/c1-8-37-30-15-12-24(10-9-23(30)6)26-13-11-25(19-27(26)29(34-7)20-35-22(4)5)28(33)14-16-31(36)32(17-18-32)21(2)3/h9-13,15,19-21,33H,4,6,8,14,16-18H2,1-3,5,7H3/b33-28?,34-29+,35-20-. The molecule has 1 N–H and O–H groups in total. The number of aliphatic imine (C=N–C) groups is 2. The number of carbonyl (C=O) groups excluding carboxylic acids is 1. The molecule has 5 heteroatoms. The van der Waals surface area contributed by atoms with E-state index in [1.165, 1.54) is 0 Å². The van der Waals surface area contributed by atoms with Gasteiger partial charge in [-0.1, -0.05) is 57.4 Å². The van der Waals surface area contributed by atoms with Gasteiger partial charge in [-0.05, 0) is 67.9 Å². The lowest BCUT2D eigenvalue weighted by Crippen LogP contribution is -2.22. The zero-order valence-corrected chi connectivity index (χ0v) is 22.9. The van der Waals surface area contributed by atoms with Gasteiger partial charge in [-0.15, -0.1) is 0 Å². The van der Waals surface area contributed by atoms with E-state index in [9.17, 15) is 4.79 Å². The first kappa shape index (κ1) is 28.0. The number of ketones is 1. The van der Waals surface area contributed by atoms with E-state index in [2.05, 4.69) is 37.0 Å². The van der Waals surface area contributed by atoms with Crippen LogP contribution in [0.5, 0.6) is 0 Å². The summed E-state index contributed by atoms with van der Waals surface area (Å²) in [6.07, 6.45) is 12.4. The molecule has 0 heterocycles. The number of carbonyl (C=O) groups is 1. The van der Waals surface area contributed by atoms with Gasteiger partial charge in [0.1, 0.15) is 11.5 Å². The van der Waals surface area contributed by atoms with Crippen LogP contribution >= 0.6 is 0 Å². The van der Waals surface area contributed by atoms with Gasteiger partial charge >= 0.3 is 0 Å². The summed E-state index contributed by atoms with van der Waals surface area (Å²) in [5.41, 5.74) is 6.02. The third-order valence-electron chi connectivity index (χ3n) is 7.15. The molecule has 0 atom stereocenters. The van der Waals surface area contributed by atoms with Crippen molar-refractivity contribution in [1.29, 1.82) is 5.41 Å². The van der Waals surface area contributed by atoms with Crippen molar-refractivity contribution < 1.29 is 9.53 Å². The number of allylic oxidation sites excluding steroid dienone is 6. The maximum Gasteiger partial charge on any atom is 0.139 e. The van der Waals surface area contributed by atoms with Crippen molar-refractivity contribution in [2.24, 2.45) is 21.3 Å². The minimum Gasteiger partial charge on any atom is -0.493 e. The van der Waals surface area contributed by atoms with Crippen LogP contribution in [0.1, 0.15) is 70.1 Å². The average molecular weight is 498 g/mol. The zero-order chi connectivity index (χ0) is 27.2. The summed E-state index contributed by atoms with van der Waals surface area (Å²) in [4.78, 5) is 21.8. The molecule has 0 bridgehead atoms. The molecule has 2 aliphatic carbocycles. The van der Waals surface area contributed by atoms with Crippen LogP contribution in [-0.4, -0.2) is 37.1 Å². The van der Waals surface area contributed by atoms with Gasteiger partial charge in [0.15, 0.2) is 0 Å². The Kier molecular flexibility index (Phi) is 9.14. The molecule has 1 aromatic carbocycles. The van der Waals surface area contributed by atoms with Crippen molar-refractivity contribution in [1.82, 2.24) is 0 Å². The van der Waals surface area contributed by atoms with Crippen LogP contribution in [0.15, 0.2) is 82.7 Å². The predicted molar refractivity (Wildman–Crippen MR) is 156 cm³/mol. The molecule has 1 aromatic rings. The van der Waals surface area contributed by atoms with Crippen LogP contribution in [-0.2, 0) is 9.53 Å². The third-order valence-corrected chi connectivity index (χ3v) is 7.15. The highest BCUT2D eigenvalue weighted by Crippen LogP contribution is 2.53. The molecule has 1 saturated carbocycles. The van der Waals surface area contributed by atoms with Crippen molar-refractivity contribution in [2.75, 3.05) is 13.7 Å². The summed E-state index contributed by atoms with van der Waals surface area (Å²) in [7, 11) is 1.73. The highest BCUT2D eigenvalue weighted by Gasteiger charge is 2.50. The molecule has 0 aromatic heterocycles. The van der Waals surface area contributed by atoms with Crippen molar-refractivity contribution in [2.45, 2.75) is 53.4 Å². The Bertz CT molecular complexity index is 1250. The molecule has 0 spiro atoms. The summed E-state index contributed by atoms with van der Waals surface area (Å²) in [6, 6.07) is 5.94. The monoisotopic (exact) mass is 497 g/mol. The Hall–Kier alpha value is -3.60. The number of Topliss-reactive ketones (excluding diaryl/α,β-unsaturated/α-hetero) is 1. The van der Waals surface area contributed by atoms with Crippen LogP contribution in [0.4, 0.5) is 0 Å². The molecule has 194 valence electrons. The summed E-state index contributed by atoms with van der Waals surface area (Å²) in [5.74, 6) is 1.38. The fourth-order valence-electron chi connectivity index (χ4n) is 4.64. The van der Waals surface area contributed by atoms with E-state index < -0.39 is 0 Å². The fourth-order valence-corrected chi connectivity index (χ4v) is 4.64. The average Bonchev–Trinajstić information content (AvgIpc) is 3.70. The Morgan fingerprint density at radius 3 is 2.54 bits per heavy atom. The molecule has 0 unspecified atom stereocenters. The molecule has 0 saturated heterocycles. The Balaban J connectivity index is 1.97. The van der Waals surface area contributed by atoms with Crippen LogP contribution in [0.3, 0.4) is 0 Å². The summed E-state index contributed by atoms with van der Waals surface area (Å²) in [6.45, 7) is 16.6. The number of hydrogen-bond donors (Lipinski definition) is 1. The van der Waals surface area contributed by atoms with Gasteiger partial charge in [0, 0.05) is 41.4 Å². The number of rotatable bonds is 12. The third kappa shape index (κ3) is 6.59. The summed E-state index contributed by atoms with van der Waals surface area (Å²) >= 11 is 0. The fraction of sp³-hybridized carbons (Fsp3) is 0.375. The number of ether oxygens (including phenoxy) is 1. The predicted octanol–water partition coefficient (Wildman–Crippen LogP) is 7.29. The maximum absolute atomic E-state index is 12.9. The minimum absolute atomic E-state index is 0.160. The smallest absolute Gasteiger partial charge is 0.139 e. The quantitative estimate of drug-likeness (QED) is 0.308. The first-order valence-corrected chi connectivity index (χ1v) is 13.0. The van der Waals surface area contributed by atoms with Gasteiger partial charge in [0.25, 0.3) is 0 Å². The van der Waals surface area contributed by atoms with Crippen LogP contribution in [0, 0.1) is 16.7 Å². The molecule has 3 rings (SSSR count). The van der Waals surface area contributed by atoms with E-state index in [1.54, 1.807) is 13.3 Å². The van der Waals surface area contributed by atoms with E-state index in [0.717, 1.165) is 46.4 Å². The molecular formula is C32H39N3O2. The molecule has 1 fully saturated rings. The van der Waals surface area contributed by atoms with Crippen molar-refractivity contribution in [3.8, 4) is 0 Å². The van der Waals surface area contributed by atoms with Gasteiger partial charge in [-0.25, -0.2) is 0 Å². The largest absolute Gasteiger partial charge is 0.493 e. The second kappa shape index (κ2) is 12.1. The molecule has 5 nitrogen and oxygen atoms in total. The topological polar surface area (TPSA) is 74.9 Å². The van der Waals surface area contributed by atoms with Crippen LogP contribution in [0.25, 0.3) is 5.57 Å². The molecule has 0 aliphatic heterocycles. The SMILES string of the molecule is C=C(C)/N=C\C(=N/C)c1cc(C(=N)CCC(=O)C2(C(C)C)CC2)ccc1C1=CC=C(OCC)C(=C)C=C1. The first-order chi connectivity index (χ1) is 17.6. The maximum atomic E-state index is 12.9. The Labute approximate surface area is 221 Å². The molecule has 0 radical (unpaired) electrons. The van der Waals surface area contributed by atoms with Gasteiger partial charge in [0.05, 0.1) is 18.5 Å². The van der Waals surface area contributed by atoms with E-state index in [0.29, 0.717) is 48.3 Å². The Morgan fingerprint density at radius 2 is 1.95 bits per heavy atom. The second-order valence-electron chi connectivity index (χ2n) is 10.0. The lowest BCUT2D eigenvalue weighted by molar-refractivity contribution is -0.125. The second-order valence-corrected chi connectivity index (χ2v) is 10.0. The lowest BCUT2D eigenvalue weighted by Gasteiger charge is -2.18. The molecule has 37 heavy (non-hydrogen) atoms. The highest BCUT2D eigenvalue weighted by atomic mass is 16.5. The normalized spacial score (nSPS) is 16.9. The number of benzene rings is 1. The van der Waals surface area contributed by atoms with Crippen molar-refractivity contribution in [3.63, 3.8) is 0 Å². The van der Waals surface area contributed by atoms with E-state index in [4.69, 9.17) is 10.1 Å². The summed E-state index contributed by atoms with van der Waals surface area (Å²) < 4.78 is 5.72. The summed E-state index contributed by atoms with van der Waals surface area (Å²) in [5, 5.41) is 8.76. The van der Waals surface area contributed by atoms with Gasteiger partial charge in [-0.2, -0.15) is 0 Å². The number of nitrogens with one attached hydrogen (secondary N) is 1. The van der Waals surface area contributed by atoms with E-state index in [-0.39, 0.29) is 5.41 Å². The van der Waals surface area contributed by atoms with E-state index >= 15 is 0 Å². The van der Waals surface area contributed by atoms with Crippen LogP contribution in [0.2, 0.25) is 0 Å². The highest BCUT2D eigenvalue weighted by molar-refractivity contribution is 6.39. The zero-order valence-electron chi connectivity index (χ0n) is 22.9. The van der Waals surface area contributed by atoms with Gasteiger partial charge < -0.3 is 10.1 Å². The molecule has 0 amide bonds. The van der Waals surface area contributed by atoms with E-state index in [1.807, 2.05) is 56.4 Å². The number of hydrogen-bond acceptors (Lipinski definition) is 5. The van der Waals surface area contributed by atoms with Crippen molar-refractivity contribution >= 4 is 29.0 Å². The molecular weight excluding hydrogens is 458 g/mol. The van der Waals surface area contributed by atoms with Gasteiger partial charge in [0.2, 0.25) is 0 Å².